The van der Waals surface area contributed by atoms with Crippen LogP contribution in [0.4, 0.5) is 0 Å². The summed E-state index contributed by atoms with van der Waals surface area (Å²) in [6.07, 6.45) is 4.63. The molecule has 5 N–H and O–H groups in total. The van der Waals surface area contributed by atoms with Crippen LogP contribution in [-0.4, -0.2) is 35.6 Å². The molecule has 110 valence electrons. The molecule has 0 atom stereocenters. The Kier molecular flexibility index (Phi) is 5.94. The lowest BCUT2D eigenvalue weighted by molar-refractivity contribution is -0.113. The summed E-state index contributed by atoms with van der Waals surface area (Å²) in [6.45, 7) is 1.94. The number of carbonyl (C=O) groups excluding carboxylic acids is 1. The standard InChI is InChI=1S/C14H18N6O/c1-3-11-9(13(20-17)8-18-2)4-6-12(19-11)10(15)5-7-14(16)21/h4-8,15H,3,17H2,1-2H3,(H2,16,21)/b7-5-,15-10?,18-8?,20-13+. The first kappa shape index (κ1) is 16.2. The number of hydrogen-bond donors (Lipinski definition) is 3. The summed E-state index contributed by atoms with van der Waals surface area (Å²) in [5.74, 6) is 4.75. The van der Waals surface area contributed by atoms with Crippen LogP contribution in [0, 0.1) is 5.41 Å². The zero-order valence-corrected chi connectivity index (χ0v) is 12.0. The van der Waals surface area contributed by atoms with Gasteiger partial charge in [-0.1, -0.05) is 6.92 Å². The summed E-state index contributed by atoms with van der Waals surface area (Å²) in [5, 5.41) is 11.5. The summed E-state index contributed by atoms with van der Waals surface area (Å²) in [7, 11) is 1.63. The third kappa shape index (κ3) is 4.34. The van der Waals surface area contributed by atoms with Gasteiger partial charge in [0.15, 0.2) is 0 Å². The number of hydrogen-bond acceptors (Lipinski definition) is 6. The van der Waals surface area contributed by atoms with E-state index in [9.17, 15) is 4.79 Å². The number of primary amides is 1. The van der Waals surface area contributed by atoms with Gasteiger partial charge in [-0.05, 0) is 24.6 Å². The SMILES string of the molecule is CCc1nc(C(=N)/C=C\C(N)=O)ccc1/C(C=NC)=N/N. The van der Waals surface area contributed by atoms with Gasteiger partial charge in [0, 0.05) is 24.9 Å². The largest absolute Gasteiger partial charge is 0.366 e. The van der Waals surface area contributed by atoms with Crippen LogP contribution >= 0.6 is 0 Å². The maximum Gasteiger partial charge on any atom is 0.241 e. The molecule has 1 heterocycles. The van der Waals surface area contributed by atoms with Gasteiger partial charge in [0.05, 0.1) is 17.1 Å². The number of nitrogens with two attached hydrogens (primary N) is 2. The molecule has 1 aromatic heterocycles. The zero-order chi connectivity index (χ0) is 15.8. The van der Waals surface area contributed by atoms with Gasteiger partial charge in [0.2, 0.25) is 5.91 Å². The fraction of sp³-hybridized carbons (Fsp3) is 0.214. The minimum atomic E-state index is -0.608. The number of amides is 1. The highest BCUT2D eigenvalue weighted by Crippen LogP contribution is 2.11. The van der Waals surface area contributed by atoms with Gasteiger partial charge >= 0.3 is 0 Å². The van der Waals surface area contributed by atoms with Crippen LogP contribution in [0.1, 0.15) is 23.9 Å². The number of carbonyl (C=O) groups is 1. The highest BCUT2D eigenvalue weighted by atomic mass is 16.1. The number of aromatic nitrogens is 1. The molecule has 0 spiro atoms. The monoisotopic (exact) mass is 286 g/mol. The Hall–Kier alpha value is -2.83. The van der Waals surface area contributed by atoms with Crippen LogP contribution in [-0.2, 0) is 11.2 Å². The van der Waals surface area contributed by atoms with Gasteiger partial charge in [0.1, 0.15) is 5.71 Å². The molecule has 0 saturated heterocycles. The Morgan fingerprint density at radius 2 is 2.14 bits per heavy atom. The van der Waals surface area contributed by atoms with E-state index in [1.807, 2.05) is 6.92 Å². The van der Waals surface area contributed by atoms with Crippen LogP contribution in [0.2, 0.25) is 0 Å². The Morgan fingerprint density at radius 1 is 1.43 bits per heavy atom. The van der Waals surface area contributed by atoms with E-state index in [1.54, 1.807) is 25.4 Å². The van der Waals surface area contributed by atoms with Gasteiger partial charge in [-0.3, -0.25) is 20.2 Å². The van der Waals surface area contributed by atoms with Crippen LogP contribution in [0.15, 0.2) is 34.4 Å². The molecule has 7 nitrogen and oxygen atoms in total. The molecule has 1 rings (SSSR count). The maximum atomic E-state index is 10.7. The average Bonchev–Trinajstić information content (AvgIpc) is 2.49. The van der Waals surface area contributed by atoms with E-state index < -0.39 is 5.91 Å². The topological polar surface area (TPSA) is 131 Å². The van der Waals surface area contributed by atoms with Gasteiger partial charge < -0.3 is 11.6 Å². The molecule has 0 saturated carbocycles. The molecule has 0 bridgehead atoms. The second kappa shape index (κ2) is 7.68. The Balaban J connectivity index is 3.20. The highest BCUT2D eigenvalue weighted by Gasteiger charge is 2.10. The Bertz CT molecular complexity index is 630. The number of allylic oxidation sites excluding steroid dienone is 1. The van der Waals surface area contributed by atoms with Crippen molar-refractivity contribution in [1.82, 2.24) is 4.98 Å². The van der Waals surface area contributed by atoms with E-state index in [-0.39, 0.29) is 5.71 Å². The average molecular weight is 286 g/mol. The molecule has 1 aromatic rings. The summed E-state index contributed by atoms with van der Waals surface area (Å²) in [6, 6.07) is 3.44. The van der Waals surface area contributed by atoms with Crippen molar-refractivity contribution >= 4 is 23.5 Å². The van der Waals surface area contributed by atoms with Crippen LogP contribution in [0.25, 0.3) is 0 Å². The second-order valence-electron chi connectivity index (χ2n) is 4.10. The van der Waals surface area contributed by atoms with Crippen molar-refractivity contribution < 1.29 is 4.79 Å². The molecule has 7 heteroatoms. The van der Waals surface area contributed by atoms with Crippen molar-refractivity contribution in [1.29, 1.82) is 5.41 Å². The predicted molar refractivity (Wildman–Crippen MR) is 83.9 cm³/mol. The third-order valence-electron chi connectivity index (χ3n) is 2.67. The van der Waals surface area contributed by atoms with Crippen LogP contribution in [0.3, 0.4) is 0 Å². The normalized spacial score (nSPS) is 12.2. The molecular weight excluding hydrogens is 268 g/mol. The minimum Gasteiger partial charge on any atom is -0.366 e. The van der Waals surface area contributed by atoms with Crippen LogP contribution in [0.5, 0.6) is 0 Å². The fourth-order valence-electron chi connectivity index (χ4n) is 1.70. The van der Waals surface area contributed by atoms with E-state index in [0.29, 0.717) is 17.8 Å². The summed E-state index contributed by atoms with van der Waals surface area (Å²) in [4.78, 5) is 19.0. The lowest BCUT2D eigenvalue weighted by atomic mass is 10.1. The molecule has 0 fully saturated rings. The van der Waals surface area contributed by atoms with Gasteiger partial charge in [-0.2, -0.15) is 5.10 Å². The number of aliphatic imine (C=N–C) groups is 1. The lowest BCUT2D eigenvalue weighted by Gasteiger charge is -2.08. The molecule has 0 aliphatic rings. The van der Waals surface area contributed by atoms with E-state index in [0.717, 1.165) is 17.3 Å². The summed E-state index contributed by atoms with van der Waals surface area (Å²) in [5.41, 5.74) is 7.58. The highest BCUT2D eigenvalue weighted by molar-refractivity contribution is 6.38. The molecule has 0 radical (unpaired) electrons. The fourth-order valence-corrected chi connectivity index (χ4v) is 1.70. The first-order chi connectivity index (χ1) is 10.0. The van der Waals surface area contributed by atoms with Crippen molar-refractivity contribution in [2.24, 2.45) is 21.7 Å². The lowest BCUT2D eigenvalue weighted by Crippen LogP contribution is -2.13. The molecule has 0 aliphatic carbocycles. The van der Waals surface area contributed by atoms with Gasteiger partial charge in [-0.25, -0.2) is 0 Å². The first-order valence-corrected chi connectivity index (χ1v) is 6.30. The smallest absolute Gasteiger partial charge is 0.241 e. The van der Waals surface area contributed by atoms with Crippen molar-refractivity contribution in [2.75, 3.05) is 7.05 Å². The minimum absolute atomic E-state index is 0.102. The van der Waals surface area contributed by atoms with Crippen molar-refractivity contribution in [3.8, 4) is 0 Å². The molecule has 21 heavy (non-hydrogen) atoms. The van der Waals surface area contributed by atoms with Gasteiger partial charge in [0.25, 0.3) is 0 Å². The summed E-state index contributed by atoms with van der Waals surface area (Å²) >= 11 is 0. The third-order valence-corrected chi connectivity index (χ3v) is 2.67. The molecule has 0 aliphatic heterocycles. The molecule has 0 aromatic carbocycles. The van der Waals surface area contributed by atoms with Crippen LogP contribution < -0.4 is 11.6 Å². The number of pyridine rings is 1. The molecule has 1 amide bonds. The number of rotatable bonds is 6. The first-order valence-electron chi connectivity index (χ1n) is 6.30. The Labute approximate surface area is 123 Å². The van der Waals surface area contributed by atoms with E-state index in [1.165, 1.54) is 6.08 Å². The van der Waals surface area contributed by atoms with Crippen molar-refractivity contribution in [3.63, 3.8) is 0 Å². The molecule has 0 unspecified atom stereocenters. The second-order valence-corrected chi connectivity index (χ2v) is 4.10. The van der Waals surface area contributed by atoms with E-state index in [4.69, 9.17) is 17.0 Å². The summed E-state index contributed by atoms with van der Waals surface area (Å²) < 4.78 is 0. The quantitative estimate of drug-likeness (QED) is 0.303. The van der Waals surface area contributed by atoms with E-state index in [2.05, 4.69) is 15.1 Å². The molecular formula is C14H18N6O. The number of hydrazone groups is 1. The van der Waals surface area contributed by atoms with Crippen molar-refractivity contribution in [3.05, 3.63) is 41.2 Å². The van der Waals surface area contributed by atoms with Crippen molar-refractivity contribution in [2.45, 2.75) is 13.3 Å². The number of aryl methyl sites for hydroxylation is 1. The Morgan fingerprint density at radius 3 is 2.67 bits per heavy atom. The predicted octanol–water partition coefficient (Wildman–Crippen LogP) is 0.417. The zero-order valence-electron chi connectivity index (χ0n) is 12.0. The van der Waals surface area contributed by atoms with Gasteiger partial charge in [-0.15, -0.1) is 0 Å². The maximum absolute atomic E-state index is 10.7. The number of nitrogens with zero attached hydrogens (tertiary/aromatic N) is 3. The van der Waals surface area contributed by atoms with E-state index >= 15 is 0 Å². The number of nitrogens with one attached hydrogen (secondary N) is 1.